The van der Waals surface area contributed by atoms with Crippen LogP contribution in [0.25, 0.3) is 0 Å². The highest BCUT2D eigenvalue weighted by Crippen LogP contribution is 2.41. The Kier molecular flexibility index (Phi) is 3.74. The van der Waals surface area contributed by atoms with Gasteiger partial charge in [-0.25, -0.2) is 4.39 Å². The lowest BCUT2D eigenvalue weighted by atomic mass is 9.93. The van der Waals surface area contributed by atoms with Crippen molar-refractivity contribution in [3.63, 3.8) is 0 Å². The summed E-state index contributed by atoms with van der Waals surface area (Å²) in [7, 11) is 1.61. The molecular weight excluding hydrogens is 293 g/mol. The second kappa shape index (κ2) is 5.54. The second-order valence-corrected chi connectivity index (χ2v) is 5.43. The Morgan fingerprint density at radius 3 is 2.81 bits per heavy atom. The minimum Gasteiger partial charge on any atom is -0.497 e. The molecule has 0 radical (unpaired) electrons. The molecule has 5 heteroatoms. The summed E-state index contributed by atoms with van der Waals surface area (Å²) < 4.78 is 24.4. The van der Waals surface area contributed by atoms with Crippen LogP contribution in [0, 0.1) is 5.82 Å². The normalized spacial score (nSPS) is 20.6. The van der Waals surface area contributed by atoms with Gasteiger partial charge in [-0.1, -0.05) is 17.7 Å². The maximum absolute atomic E-state index is 13.3. The summed E-state index contributed by atoms with van der Waals surface area (Å²) in [5.41, 5.74) is 7.96. The molecule has 0 amide bonds. The first-order valence-corrected chi connectivity index (χ1v) is 7.01. The highest BCUT2D eigenvalue weighted by molar-refractivity contribution is 6.30. The van der Waals surface area contributed by atoms with Crippen LogP contribution in [-0.2, 0) is 0 Å². The Morgan fingerprint density at radius 2 is 2.10 bits per heavy atom. The minimum absolute atomic E-state index is 0.0881. The Balaban J connectivity index is 1.92. The van der Waals surface area contributed by atoms with Crippen LogP contribution in [0.1, 0.15) is 29.7 Å². The number of methoxy groups -OCH3 is 1. The molecular formula is C16H15ClFNO2. The van der Waals surface area contributed by atoms with Crippen molar-refractivity contribution in [3.8, 4) is 11.5 Å². The van der Waals surface area contributed by atoms with Gasteiger partial charge in [0.1, 0.15) is 23.4 Å². The third kappa shape index (κ3) is 2.69. The minimum atomic E-state index is -0.439. The van der Waals surface area contributed by atoms with E-state index in [9.17, 15) is 4.39 Å². The summed E-state index contributed by atoms with van der Waals surface area (Å²) in [5, 5.41) is 0.0881. The van der Waals surface area contributed by atoms with E-state index in [1.807, 2.05) is 18.2 Å². The Labute approximate surface area is 127 Å². The van der Waals surface area contributed by atoms with E-state index in [1.54, 1.807) is 19.2 Å². The van der Waals surface area contributed by atoms with Gasteiger partial charge in [-0.3, -0.25) is 0 Å². The third-order valence-corrected chi connectivity index (χ3v) is 3.96. The molecule has 2 atom stereocenters. The predicted octanol–water partition coefficient (Wildman–Crippen LogP) is 4.01. The molecule has 0 saturated heterocycles. The first-order valence-electron chi connectivity index (χ1n) is 6.63. The standard InChI is InChI=1S/C16H15ClFNO2/c1-20-10-3-5-15-11(7-10)14(19)8-16(21-15)9-2-4-13(18)12(17)6-9/h2-7,14,16H,8,19H2,1H3. The zero-order valence-electron chi connectivity index (χ0n) is 11.5. The molecule has 110 valence electrons. The van der Waals surface area contributed by atoms with Crippen molar-refractivity contribution >= 4 is 11.6 Å². The molecule has 3 rings (SSSR count). The molecule has 1 aliphatic heterocycles. The van der Waals surface area contributed by atoms with Crippen LogP contribution in [0.3, 0.4) is 0 Å². The quantitative estimate of drug-likeness (QED) is 0.911. The molecule has 21 heavy (non-hydrogen) atoms. The molecule has 0 aromatic heterocycles. The van der Waals surface area contributed by atoms with Gasteiger partial charge in [0.15, 0.2) is 0 Å². The summed E-state index contributed by atoms with van der Waals surface area (Å²) >= 11 is 5.83. The Hall–Kier alpha value is -1.78. The van der Waals surface area contributed by atoms with E-state index in [4.69, 9.17) is 26.8 Å². The van der Waals surface area contributed by atoms with Crippen molar-refractivity contribution in [1.29, 1.82) is 0 Å². The number of benzene rings is 2. The summed E-state index contributed by atoms with van der Waals surface area (Å²) in [6, 6.07) is 9.98. The van der Waals surface area contributed by atoms with Gasteiger partial charge >= 0.3 is 0 Å². The number of hydrogen-bond donors (Lipinski definition) is 1. The van der Waals surface area contributed by atoms with Crippen LogP contribution in [0.2, 0.25) is 5.02 Å². The van der Waals surface area contributed by atoms with E-state index in [0.717, 1.165) is 22.6 Å². The fourth-order valence-electron chi connectivity index (χ4n) is 2.53. The fourth-order valence-corrected chi connectivity index (χ4v) is 2.72. The second-order valence-electron chi connectivity index (χ2n) is 5.03. The molecule has 0 fully saturated rings. The number of halogens is 2. The van der Waals surface area contributed by atoms with Gasteiger partial charge in [0.2, 0.25) is 0 Å². The van der Waals surface area contributed by atoms with E-state index < -0.39 is 5.82 Å². The molecule has 2 aromatic rings. The molecule has 0 saturated carbocycles. The first kappa shape index (κ1) is 14.2. The zero-order valence-corrected chi connectivity index (χ0v) is 12.2. The molecule has 2 unspecified atom stereocenters. The molecule has 0 spiro atoms. The highest BCUT2D eigenvalue weighted by Gasteiger charge is 2.27. The van der Waals surface area contributed by atoms with Crippen LogP contribution >= 0.6 is 11.6 Å². The number of fused-ring (bicyclic) bond motifs is 1. The van der Waals surface area contributed by atoms with Gasteiger partial charge < -0.3 is 15.2 Å². The molecule has 3 nitrogen and oxygen atoms in total. The van der Waals surface area contributed by atoms with Crippen molar-refractivity contribution < 1.29 is 13.9 Å². The average Bonchev–Trinajstić information content (AvgIpc) is 2.49. The first-order chi connectivity index (χ1) is 10.1. The zero-order chi connectivity index (χ0) is 15.0. The van der Waals surface area contributed by atoms with Crippen LogP contribution < -0.4 is 15.2 Å². The van der Waals surface area contributed by atoms with Gasteiger partial charge in [-0.2, -0.15) is 0 Å². The van der Waals surface area contributed by atoms with E-state index in [2.05, 4.69) is 0 Å². The summed E-state index contributed by atoms with van der Waals surface area (Å²) in [6.45, 7) is 0. The maximum atomic E-state index is 13.3. The molecule has 1 aliphatic rings. The predicted molar refractivity (Wildman–Crippen MR) is 79.3 cm³/mol. The lowest BCUT2D eigenvalue weighted by Gasteiger charge is -2.31. The number of rotatable bonds is 2. The van der Waals surface area contributed by atoms with E-state index in [0.29, 0.717) is 6.42 Å². The molecule has 0 aliphatic carbocycles. The monoisotopic (exact) mass is 307 g/mol. The van der Waals surface area contributed by atoms with Crippen LogP contribution in [-0.4, -0.2) is 7.11 Å². The van der Waals surface area contributed by atoms with Gasteiger partial charge in [0.25, 0.3) is 0 Å². The van der Waals surface area contributed by atoms with E-state index in [1.165, 1.54) is 6.07 Å². The number of nitrogens with two attached hydrogens (primary N) is 1. The van der Waals surface area contributed by atoms with Crippen molar-refractivity contribution in [1.82, 2.24) is 0 Å². The average molecular weight is 308 g/mol. The number of hydrogen-bond acceptors (Lipinski definition) is 3. The van der Waals surface area contributed by atoms with Gasteiger partial charge in [0.05, 0.1) is 12.1 Å². The lowest BCUT2D eigenvalue weighted by Crippen LogP contribution is -2.24. The Bertz CT molecular complexity index is 677. The Morgan fingerprint density at radius 1 is 1.29 bits per heavy atom. The van der Waals surface area contributed by atoms with Crippen molar-refractivity contribution in [2.75, 3.05) is 7.11 Å². The fraction of sp³-hybridized carbons (Fsp3) is 0.250. The van der Waals surface area contributed by atoms with Crippen LogP contribution in [0.4, 0.5) is 4.39 Å². The van der Waals surface area contributed by atoms with Gasteiger partial charge in [-0.05, 0) is 35.9 Å². The SMILES string of the molecule is COc1ccc2c(c1)C(N)CC(c1ccc(F)c(Cl)c1)O2. The number of ether oxygens (including phenoxy) is 2. The van der Waals surface area contributed by atoms with Gasteiger partial charge in [0, 0.05) is 18.0 Å². The summed E-state index contributed by atoms with van der Waals surface area (Å²) in [5.74, 6) is 1.03. The lowest BCUT2D eigenvalue weighted by molar-refractivity contribution is 0.161. The maximum Gasteiger partial charge on any atom is 0.141 e. The van der Waals surface area contributed by atoms with E-state index in [-0.39, 0.29) is 17.2 Å². The van der Waals surface area contributed by atoms with Crippen LogP contribution in [0.5, 0.6) is 11.5 Å². The highest BCUT2D eigenvalue weighted by atomic mass is 35.5. The molecule has 0 bridgehead atoms. The van der Waals surface area contributed by atoms with Gasteiger partial charge in [-0.15, -0.1) is 0 Å². The third-order valence-electron chi connectivity index (χ3n) is 3.67. The van der Waals surface area contributed by atoms with E-state index >= 15 is 0 Å². The van der Waals surface area contributed by atoms with Crippen molar-refractivity contribution in [3.05, 3.63) is 58.4 Å². The van der Waals surface area contributed by atoms with Crippen molar-refractivity contribution in [2.45, 2.75) is 18.6 Å². The molecule has 1 heterocycles. The molecule has 2 N–H and O–H groups in total. The smallest absolute Gasteiger partial charge is 0.141 e. The molecule has 2 aromatic carbocycles. The largest absolute Gasteiger partial charge is 0.497 e. The van der Waals surface area contributed by atoms with Crippen LogP contribution in [0.15, 0.2) is 36.4 Å². The topological polar surface area (TPSA) is 44.5 Å². The summed E-state index contributed by atoms with van der Waals surface area (Å²) in [4.78, 5) is 0. The van der Waals surface area contributed by atoms with Crippen molar-refractivity contribution in [2.24, 2.45) is 5.73 Å². The summed E-state index contributed by atoms with van der Waals surface area (Å²) in [6.07, 6.45) is 0.362.